The molecule has 1 aromatic rings. The topological polar surface area (TPSA) is 37.8 Å². The molecule has 0 spiro atoms. The van der Waals surface area contributed by atoms with E-state index in [0.29, 0.717) is 0 Å². The Hall–Kier alpha value is -1.12. The Labute approximate surface area is 91.3 Å². The molecule has 1 heterocycles. The van der Waals surface area contributed by atoms with Gasteiger partial charge in [0, 0.05) is 18.3 Å². The van der Waals surface area contributed by atoms with Gasteiger partial charge in [-0.05, 0) is 32.6 Å². The monoisotopic (exact) mass is 205 g/mol. The number of rotatable bonds is 5. The Morgan fingerprint density at radius 2 is 2.13 bits per heavy atom. The van der Waals surface area contributed by atoms with Crippen LogP contribution in [0.1, 0.15) is 37.2 Å². The minimum Gasteiger partial charge on any atom is -0.370 e. The third-order valence-corrected chi connectivity index (χ3v) is 2.76. The van der Waals surface area contributed by atoms with Gasteiger partial charge >= 0.3 is 0 Å². The van der Waals surface area contributed by atoms with Crippen LogP contribution in [0.3, 0.4) is 0 Å². The second-order valence-corrected chi connectivity index (χ2v) is 4.45. The van der Waals surface area contributed by atoms with Crippen molar-refractivity contribution in [1.29, 1.82) is 0 Å². The van der Waals surface area contributed by atoms with Crippen LogP contribution in [0.15, 0.2) is 6.07 Å². The first-order chi connectivity index (χ1) is 7.24. The molecule has 0 aromatic carbocycles. The van der Waals surface area contributed by atoms with E-state index in [4.69, 9.17) is 0 Å². The predicted octanol–water partition coefficient (Wildman–Crippen LogP) is 2.70. The molecule has 3 heteroatoms. The fourth-order valence-corrected chi connectivity index (χ4v) is 1.82. The quantitative estimate of drug-likeness (QED) is 0.751. The molecule has 15 heavy (non-hydrogen) atoms. The first-order valence-corrected chi connectivity index (χ1v) is 5.80. The van der Waals surface area contributed by atoms with Gasteiger partial charge < -0.3 is 5.32 Å². The predicted molar refractivity (Wildman–Crippen MR) is 62.0 cm³/mol. The first-order valence-electron chi connectivity index (χ1n) is 5.80. The standard InChI is InChI=1S/C12H19N3/c1-9-8-12(15-10(2)14-9)13-7-3-4-11-5-6-11/h8,11H,3-7H2,1-2H3,(H,13,14,15). The average Bonchev–Trinajstić information content (AvgIpc) is 2.94. The molecule has 0 aliphatic heterocycles. The largest absolute Gasteiger partial charge is 0.370 e. The summed E-state index contributed by atoms with van der Waals surface area (Å²) in [7, 11) is 0. The van der Waals surface area contributed by atoms with Gasteiger partial charge in [0.1, 0.15) is 11.6 Å². The van der Waals surface area contributed by atoms with Crippen LogP contribution in [-0.4, -0.2) is 16.5 Å². The van der Waals surface area contributed by atoms with Gasteiger partial charge in [-0.25, -0.2) is 9.97 Å². The lowest BCUT2D eigenvalue weighted by molar-refractivity contribution is 0.686. The molecule has 0 unspecified atom stereocenters. The van der Waals surface area contributed by atoms with Crippen molar-refractivity contribution in [2.75, 3.05) is 11.9 Å². The van der Waals surface area contributed by atoms with Crippen LogP contribution in [0.5, 0.6) is 0 Å². The van der Waals surface area contributed by atoms with Crippen molar-refractivity contribution >= 4 is 5.82 Å². The summed E-state index contributed by atoms with van der Waals surface area (Å²) in [6, 6.07) is 2.00. The molecule has 1 aliphatic rings. The van der Waals surface area contributed by atoms with Crippen molar-refractivity contribution in [3.8, 4) is 0 Å². The Morgan fingerprint density at radius 3 is 2.80 bits per heavy atom. The second-order valence-electron chi connectivity index (χ2n) is 4.45. The van der Waals surface area contributed by atoms with E-state index in [2.05, 4.69) is 15.3 Å². The highest BCUT2D eigenvalue weighted by Gasteiger charge is 2.19. The molecule has 0 amide bonds. The molecule has 0 radical (unpaired) electrons. The summed E-state index contributed by atoms with van der Waals surface area (Å²) in [4.78, 5) is 8.59. The van der Waals surface area contributed by atoms with E-state index in [-0.39, 0.29) is 0 Å². The summed E-state index contributed by atoms with van der Waals surface area (Å²) in [5.41, 5.74) is 1.03. The molecule has 0 bridgehead atoms. The summed E-state index contributed by atoms with van der Waals surface area (Å²) in [6.07, 6.45) is 5.53. The summed E-state index contributed by atoms with van der Waals surface area (Å²) < 4.78 is 0. The van der Waals surface area contributed by atoms with Gasteiger partial charge in [-0.3, -0.25) is 0 Å². The minimum absolute atomic E-state index is 0.847. The van der Waals surface area contributed by atoms with Crippen LogP contribution in [0.4, 0.5) is 5.82 Å². The third-order valence-electron chi connectivity index (χ3n) is 2.76. The zero-order chi connectivity index (χ0) is 10.7. The fourth-order valence-electron chi connectivity index (χ4n) is 1.82. The molecule has 0 atom stereocenters. The van der Waals surface area contributed by atoms with Crippen molar-refractivity contribution in [2.45, 2.75) is 39.5 Å². The highest BCUT2D eigenvalue weighted by Crippen LogP contribution is 2.33. The number of aromatic nitrogens is 2. The third kappa shape index (κ3) is 3.50. The molecule has 1 aromatic heterocycles. The summed E-state index contributed by atoms with van der Waals surface area (Å²) in [5.74, 6) is 2.84. The molecular formula is C12H19N3. The lowest BCUT2D eigenvalue weighted by Gasteiger charge is -2.06. The van der Waals surface area contributed by atoms with Gasteiger partial charge in [-0.1, -0.05) is 12.8 Å². The van der Waals surface area contributed by atoms with E-state index in [1.807, 2.05) is 19.9 Å². The van der Waals surface area contributed by atoms with E-state index in [1.165, 1.54) is 25.7 Å². The van der Waals surface area contributed by atoms with Crippen molar-refractivity contribution in [2.24, 2.45) is 5.92 Å². The normalized spacial score (nSPS) is 15.3. The number of hydrogen-bond donors (Lipinski definition) is 1. The van der Waals surface area contributed by atoms with E-state index in [9.17, 15) is 0 Å². The Bertz CT molecular complexity index is 311. The highest BCUT2D eigenvalue weighted by molar-refractivity contribution is 5.35. The maximum Gasteiger partial charge on any atom is 0.129 e. The number of anilines is 1. The first kappa shape index (κ1) is 10.4. The van der Waals surface area contributed by atoms with Crippen LogP contribution in [-0.2, 0) is 0 Å². The molecule has 2 rings (SSSR count). The maximum absolute atomic E-state index is 4.34. The summed E-state index contributed by atoms with van der Waals surface area (Å²) in [5, 5.41) is 3.36. The van der Waals surface area contributed by atoms with Crippen molar-refractivity contribution in [3.63, 3.8) is 0 Å². The van der Waals surface area contributed by atoms with Crippen LogP contribution in [0.25, 0.3) is 0 Å². The summed E-state index contributed by atoms with van der Waals surface area (Å²) in [6.45, 7) is 4.97. The molecule has 0 saturated heterocycles. The Balaban J connectivity index is 1.76. The van der Waals surface area contributed by atoms with Crippen molar-refractivity contribution in [3.05, 3.63) is 17.6 Å². The average molecular weight is 205 g/mol. The smallest absolute Gasteiger partial charge is 0.129 e. The van der Waals surface area contributed by atoms with Crippen molar-refractivity contribution in [1.82, 2.24) is 9.97 Å². The van der Waals surface area contributed by atoms with Gasteiger partial charge in [0.05, 0.1) is 0 Å². The number of nitrogens with zero attached hydrogens (tertiary/aromatic N) is 2. The Morgan fingerprint density at radius 1 is 1.33 bits per heavy atom. The van der Waals surface area contributed by atoms with E-state index in [1.54, 1.807) is 0 Å². The SMILES string of the molecule is Cc1cc(NCCCC2CC2)nc(C)n1. The van der Waals surface area contributed by atoms with Gasteiger partial charge in [0.15, 0.2) is 0 Å². The zero-order valence-corrected chi connectivity index (χ0v) is 9.58. The van der Waals surface area contributed by atoms with Crippen LogP contribution in [0.2, 0.25) is 0 Å². The Kier molecular flexibility index (Phi) is 3.19. The van der Waals surface area contributed by atoms with E-state index < -0.39 is 0 Å². The van der Waals surface area contributed by atoms with Crippen LogP contribution < -0.4 is 5.32 Å². The lowest BCUT2D eigenvalue weighted by atomic mass is 10.2. The van der Waals surface area contributed by atoms with Gasteiger partial charge in [-0.15, -0.1) is 0 Å². The minimum atomic E-state index is 0.847. The van der Waals surface area contributed by atoms with E-state index >= 15 is 0 Å². The van der Waals surface area contributed by atoms with Gasteiger partial charge in [0.2, 0.25) is 0 Å². The maximum atomic E-state index is 4.34. The summed E-state index contributed by atoms with van der Waals surface area (Å²) >= 11 is 0. The number of nitrogens with one attached hydrogen (secondary N) is 1. The molecule has 82 valence electrons. The molecule has 3 nitrogen and oxygen atoms in total. The second kappa shape index (κ2) is 4.60. The zero-order valence-electron chi connectivity index (χ0n) is 9.58. The number of aryl methyl sites for hydroxylation is 2. The van der Waals surface area contributed by atoms with Crippen LogP contribution in [0, 0.1) is 19.8 Å². The molecular weight excluding hydrogens is 186 g/mol. The molecule has 1 saturated carbocycles. The van der Waals surface area contributed by atoms with Crippen LogP contribution >= 0.6 is 0 Å². The lowest BCUT2D eigenvalue weighted by Crippen LogP contribution is -2.05. The van der Waals surface area contributed by atoms with Crippen molar-refractivity contribution < 1.29 is 0 Å². The molecule has 1 N–H and O–H groups in total. The fraction of sp³-hybridized carbons (Fsp3) is 0.667. The highest BCUT2D eigenvalue weighted by atomic mass is 15.0. The van der Waals surface area contributed by atoms with Gasteiger partial charge in [-0.2, -0.15) is 0 Å². The number of hydrogen-bond acceptors (Lipinski definition) is 3. The van der Waals surface area contributed by atoms with Gasteiger partial charge in [0.25, 0.3) is 0 Å². The molecule has 1 aliphatic carbocycles. The van der Waals surface area contributed by atoms with E-state index in [0.717, 1.165) is 29.8 Å². The molecule has 1 fully saturated rings.